The number of aryl methyl sites for hydroxylation is 2. The molecular weight excluding hydrogens is 312 g/mol. The van der Waals surface area contributed by atoms with Crippen LogP contribution < -0.4 is 5.32 Å². The molecule has 4 nitrogen and oxygen atoms in total. The molecule has 4 heteroatoms. The van der Waals surface area contributed by atoms with Gasteiger partial charge in [0.2, 0.25) is 11.8 Å². The van der Waals surface area contributed by atoms with Gasteiger partial charge in [0.05, 0.1) is 12.0 Å². The van der Waals surface area contributed by atoms with Crippen molar-refractivity contribution in [2.45, 2.75) is 33.2 Å². The van der Waals surface area contributed by atoms with Crippen LogP contribution in [0.4, 0.5) is 5.69 Å². The molecule has 1 heterocycles. The van der Waals surface area contributed by atoms with Crippen molar-refractivity contribution in [2.24, 2.45) is 5.92 Å². The Kier molecular flexibility index (Phi) is 4.88. The van der Waals surface area contributed by atoms with E-state index in [1.54, 1.807) is 0 Å². The summed E-state index contributed by atoms with van der Waals surface area (Å²) in [4.78, 5) is 26.8. The first-order valence-corrected chi connectivity index (χ1v) is 8.68. The summed E-state index contributed by atoms with van der Waals surface area (Å²) in [5.41, 5.74) is 4.10. The second kappa shape index (κ2) is 7.09. The standard InChI is InChI=1S/C21H24N2O2/c1-14-9-10-19(15(2)11-14)22-21(25)18-12-20(24)23(13-18)16(3)17-7-5-4-6-8-17/h4-11,16,18H,12-13H2,1-3H3,(H,22,25)/t16-,18-/m0/s1. The summed E-state index contributed by atoms with van der Waals surface area (Å²) in [6, 6.07) is 15.8. The van der Waals surface area contributed by atoms with E-state index >= 15 is 0 Å². The molecule has 2 aromatic rings. The van der Waals surface area contributed by atoms with Gasteiger partial charge in [0.15, 0.2) is 0 Å². The predicted octanol–water partition coefficient (Wildman–Crippen LogP) is 3.85. The third-order valence-corrected chi connectivity index (χ3v) is 4.92. The Labute approximate surface area is 148 Å². The van der Waals surface area contributed by atoms with Crippen molar-refractivity contribution in [1.29, 1.82) is 0 Å². The number of benzene rings is 2. The summed E-state index contributed by atoms with van der Waals surface area (Å²) in [5, 5.41) is 2.98. The van der Waals surface area contributed by atoms with Crippen molar-refractivity contribution in [3.8, 4) is 0 Å². The van der Waals surface area contributed by atoms with Gasteiger partial charge in [-0.1, -0.05) is 48.0 Å². The van der Waals surface area contributed by atoms with E-state index < -0.39 is 0 Å². The van der Waals surface area contributed by atoms with E-state index in [1.807, 2.05) is 74.2 Å². The molecule has 1 saturated heterocycles. The van der Waals surface area contributed by atoms with E-state index in [-0.39, 0.29) is 30.2 Å². The largest absolute Gasteiger partial charge is 0.335 e. The van der Waals surface area contributed by atoms with E-state index in [0.29, 0.717) is 6.54 Å². The number of anilines is 1. The van der Waals surface area contributed by atoms with E-state index in [4.69, 9.17) is 0 Å². The zero-order chi connectivity index (χ0) is 18.0. The summed E-state index contributed by atoms with van der Waals surface area (Å²) in [6.45, 7) is 6.48. The molecule has 25 heavy (non-hydrogen) atoms. The van der Waals surface area contributed by atoms with Crippen LogP contribution in [0, 0.1) is 19.8 Å². The van der Waals surface area contributed by atoms with Gasteiger partial charge in [-0.05, 0) is 38.0 Å². The summed E-state index contributed by atoms with van der Waals surface area (Å²) < 4.78 is 0. The van der Waals surface area contributed by atoms with Crippen LogP contribution >= 0.6 is 0 Å². The molecule has 2 amide bonds. The molecule has 0 bridgehead atoms. The molecule has 130 valence electrons. The molecule has 0 aliphatic carbocycles. The van der Waals surface area contributed by atoms with Crippen LogP contribution in [0.1, 0.15) is 36.1 Å². The molecule has 0 aromatic heterocycles. The van der Waals surface area contributed by atoms with Gasteiger partial charge in [0.25, 0.3) is 0 Å². The Morgan fingerprint density at radius 2 is 1.88 bits per heavy atom. The molecule has 0 saturated carbocycles. The monoisotopic (exact) mass is 336 g/mol. The van der Waals surface area contributed by atoms with Gasteiger partial charge in [-0.15, -0.1) is 0 Å². The van der Waals surface area contributed by atoms with Crippen molar-refractivity contribution in [1.82, 2.24) is 4.90 Å². The lowest BCUT2D eigenvalue weighted by molar-refractivity contribution is -0.129. The van der Waals surface area contributed by atoms with Crippen LogP contribution in [-0.4, -0.2) is 23.3 Å². The normalized spacial score (nSPS) is 18.3. The first kappa shape index (κ1) is 17.2. The van der Waals surface area contributed by atoms with Crippen molar-refractivity contribution < 1.29 is 9.59 Å². The molecule has 0 spiro atoms. The molecule has 0 radical (unpaired) electrons. The molecule has 2 atom stereocenters. The Balaban J connectivity index is 1.68. The van der Waals surface area contributed by atoms with Crippen LogP contribution in [0.5, 0.6) is 0 Å². The minimum atomic E-state index is -0.306. The van der Waals surface area contributed by atoms with E-state index in [0.717, 1.165) is 22.4 Å². The highest BCUT2D eigenvalue weighted by atomic mass is 16.2. The summed E-state index contributed by atoms with van der Waals surface area (Å²) in [6.07, 6.45) is 0.272. The number of amides is 2. The highest BCUT2D eigenvalue weighted by Gasteiger charge is 2.37. The van der Waals surface area contributed by atoms with Gasteiger partial charge in [0.1, 0.15) is 0 Å². The predicted molar refractivity (Wildman–Crippen MR) is 99.2 cm³/mol. The molecule has 3 rings (SSSR count). The fourth-order valence-corrected chi connectivity index (χ4v) is 3.38. The van der Waals surface area contributed by atoms with Crippen molar-refractivity contribution >= 4 is 17.5 Å². The number of carbonyl (C=O) groups is 2. The third kappa shape index (κ3) is 3.73. The van der Waals surface area contributed by atoms with Gasteiger partial charge in [-0.25, -0.2) is 0 Å². The Morgan fingerprint density at radius 1 is 1.16 bits per heavy atom. The van der Waals surface area contributed by atoms with E-state index in [2.05, 4.69) is 5.32 Å². The second-order valence-corrected chi connectivity index (χ2v) is 6.84. The van der Waals surface area contributed by atoms with Crippen LogP contribution in [-0.2, 0) is 9.59 Å². The Bertz CT molecular complexity index is 786. The number of carbonyl (C=O) groups excluding carboxylic acids is 2. The first-order valence-electron chi connectivity index (χ1n) is 8.68. The number of hydrogen-bond donors (Lipinski definition) is 1. The van der Waals surface area contributed by atoms with Crippen molar-refractivity contribution in [2.75, 3.05) is 11.9 Å². The number of nitrogens with one attached hydrogen (secondary N) is 1. The molecule has 2 aromatic carbocycles. The Morgan fingerprint density at radius 3 is 2.56 bits per heavy atom. The van der Waals surface area contributed by atoms with E-state index in [1.165, 1.54) is 0 Å². The lowest BCUT2D eigenvalue weighted by Gasteiger charge is -2.25. The molecule has 1 aliphatic heterocycles. The maximum absolute atomic E-state index is 12.6. The number of hydrogen-bond acceptors (Lipinski definition) is 2. The highest BCUT2D eigenvalue weighted by Crippen LogP contribution is 2.29. The third-order valence-electron chi connectivity index (χ3n) is 4.92. The molecular formula is C21H24N2O2. The van der Waals surface area contributed by atoms with Crippen LogP contribution in [0.15, 0.2) is 48.5 Å². The quantitative estimate of drug-likeness (QED) is 0.922. The lowest BCUT2D eigenvalue weighted by atomic mass is 10.1. The summed E-state index contributed by atoms with van der Waals surface area (Å²) in [7, 11) is 0. The molecule has 0 unspecified atom stereocenters. The fraction of sp³-hybridized carbons (Fsp3) is 0.333. The first-order chi connectivity index (χ1) is 12.0. The van der Waals surface area contributed by atoms with Gasteiger partial charge >= 0.3 is 0 Å². The van der Waals surface area contributed by atoms with E-state index in [9.17, 15) is 9.59 Å². The minimum Gasteiger partial charge on any atom is -0.335 e. The average molecular weight is 336 g/mol. The maximum Gasteiger partial charge on any atom is 0.229 e. The smallest absolute Gasteiger partial charge is 0.229 e. The Hall–Kier alpha value is -2.62. The second-order valence-electron chi connectivity index (χ2n) is 6.84. The van der Waals surface area contributed by atoms with Gasteiger partial charge in [0, 0.05) is 18.7 Å². The highest BCUT2D eigenvalue weighted by molar-refractivity contribution is 5.97. The van der Waals surface area contributed by atoms with Crippen molar-refractivity contribution in [3.63, 3.8) is 0 Å². The average Bonchev–Trinajstić information content (AvgIpc) is 2.99. The van der Waals surface area contributed by atoms with Crippen molar-refractivity contribution in [3.05, 3.63) is 65.2 Å². The fourth-order valence-electron chi connectivity index (χ4n) is 3.38. The number of rotatable bonds is 4. The van der Waals surface area contributed by atoms with Gasteiger partial charge in [-0.2, -0.15) is 0 Å². The zero-order valence-electron chi connectivity index (χ0n) is 15.0. The van der Waals surface area contributed by atoms with Gasteiger partial charge < -0.3 is 10.2 Å². The van der Waals surface area contributed by atoms with Crippen LogP contribution in [0.3, 0.4) is 0 Å². The minimum absolute atomic E-state index is 0.0207. The summed E-state index contributed by atoms with van der Waals surface area (Å²) in [5.74, 6) is -0.348. The molecule has 1 aliphatic rings. The molecule has 1 N–H and O–H groups in total. The van der Waals surface area contributed by atoms with Gasteiger partial charge in [-0.3, -0.25) is 9.59 Å². The van der Waals surface area contributed by atoms with Crippen LogP contribution in [0.25, 0.3) is 0 Å². The summed E-state index contributed by atoms with van der Waals surface area (Å²) >= 11 is 0. The lowest BCUT2D eigenvalue weighted by Crippen LogP contribution is -2.30. The maximum atomic E-state index is 12.6. The number of likely N-dealkylation sites (tertiary alicyclic amines) is 1. The SMILES string of the molecule is Cc1ccc(NC(=O)[C@H]2CC(=O)N([C@@H](C)c3ccccc3)C2)c(C)c1. The number of nitrogens with zero attached hydrogens (tertiary/aromatic N) is 1. The topological polar surface area (TPSA) is 49.4 Å². The van der Waals surface area contributed by atoms with Crippen LogP contribution in [0.2, 0.25) is 0 Å². The zero-order valence-corrected chi connectivity index (χ0v) is 15.0. The molecule has 1 fully saturated rings.